The highest BCUT2D eigenvalue weighted by Crippen LogP contribution is 2.33. The van der Waals surface area contributed by atoms with Gasteiger partial charge in [0.2, 0.25) is 0 Å². The Morgan fingerprint density at radius 2 is 1.63 bits per heavy atom. The lowest BCUT2D eigenvalue weighted by Crippen LogP contribution is -2.34. The highest BCUT2D eigenvalue weighted by Gasteiger charge is 2.48. The number of fused-ring (bicyclic) bond motifs is 2. The van der Waals surface area contributed by atoms with E-state index < -0.39 is 6.10 Å². The molecule has 3 fully saturated rings. The number of benzene rings is 2. The number of aliphatic hydroxyl groups is 1. The van der Waals surface area contributed by atoms with E-state index in [4.69, 9.17) is 35.5 Å². The summed E-state index contributed by atoms with van der Waals surface area (Å²) in [5, 5.41) is 13.8. The lowest BCUT2D eigenvalue weighted by Gasteiger charge is -2.24. The van der Waals surface area contributed by atoms with Crippen LogP contribution in [0.2, 0.25) is 5.02 Å². The average Bonchev–Trinajstić information content (AvgIpc) is 3.65. The maximum atomic E-state index is 9.95. The van der Waals surface area contributed by atoms with E-state index in [1.807, 2.05) is 12.1 Å². The van der Waals surface area contributed by atoms with Gasteiger partial charge in [-0.1, -0.05) is 60.1 Å². The molecule has 2 aromatic carbocycles. The predicted octanol–water partition coefficient (Wildman–Crippen LogP) is 3.51. The standard InChI is InChI=1S/C28H27ClN4O5/c29-19-11-20-27(33-28(31-20)38-23-14-37-25-21(34)13-36-26(23)25)32-24(19)18-7-3-16(4-8-18)15-1-5-17(6-2-15)22-12-30-9-10-35-22/h1-8,11,21-23,25-26,30,34H,9-10,12-14H2,(H,31,32,33). The zero-order valence-corrected chi connectivity index (χ0v) is 21.2. The van der Waals surface area contributed by atoms with Crippen molar-refractivity contribution in [3.05, 3.63) is 65.2 Å². The summed E-state index contributed by atoms with van der Waals surface area (Å²) in [7, 11) is 0. The maximum absolute atomic E-state index is 9.95. The van der Waals surface area contributed by atoms with Gasteiger partial charge in [-0.3, -0.25) is 0 Å². The molecule has 2 aromatic heterocycles. The third-order valence-electron chi connectivity index (χ3n) is 7.35. The van der Waals surface area contributed by atoms with E-state index in [2.05, 4.69) is 51.7 Å². The van der Waals surface area contributed by atoms with Crippen LogP contribution < -0.4 is 10.1 Å². The molecule has 3 N–H and O–H groups in total. The SMILES string of the molecule is OC1COC2C(Oc3nc4nc(-c5ccc(-c6ccc(C7CNCCO7)cc6)cc5)c(Cl)cc4[nH]3)COC12. The van der Waals surface area contributed by atoms with Crippen molar-refractivity contribution in [2.24, 2.45) is 0 Å². The zero-order chi connectivity index (χ0) is 25.6. The third-order valence-corrected chi connectivity index (χ3v) is 7.64. The molecular weight excluding hydrogens is 508 g/mol. The van der Waals surface area contributed by atoms with E-state index in [0.717, 1.165) is 36.4 Å². The van der Waals surface area contributed by atoms with Gasteiger partial charge in [-0.15, -0.1) is 0 Å². The van der Waals surface area contributed by atoms with Gasteiger partial charge >= 0.3 is 0 Å². The summed E-state index contributed by atoms with van der Waals surface area (Å²) in [6, 6.07) is 18.8. The summed E-state index contributed by atoms with van der Waals surface area (Å²) in [6.45, 7) is 3.04. The van der Waals surface area contributed by atoms with Crippen LogP contribution in [0.1, 0.15) is 11.7 Å². The summed E-state index contributed by atoms with van der Waals surface area (Å²) in [5.41, 5.74) is 6.12. The molecule has 5 atom stereocenters. The second-order valence-electron chi connectivity index (χ2n) is 9.81. The predicted molar refractivity (Wildman–Crippen MR) is 141 cm³/mol. The smallest absolute Gasteiger partial charge is 0.296 e. The monoisotopic (exact) mass is 534 g/mol. The van der Waals surface area contributed by atoms with E-state index >= 15 is 0 Å². The fraction of sp³-hybridized carbons (Fsp3) is 0.357. The van der Waals surface area contributed by atoms with Gasteiger partial charge in [0.15, 0.2) is 11.8 Å². The molecule has 0 saturated carbocycles. The number of aliphatic hydroxyl groups excluding tert-OH is 1. The van der Waals surface area contributed by atoms with Crippen LogP contribution in [0, 0.1) is 0 Å². The minimum Gasteiger partial charge on any atom is -0.456 e. The van der Waals surface area contributed by atoms with Crippen LogP contribution in [-0.4, -0.2) is 77.4 Å². The topological polar surface area (TPSA) is 111 Å². The molecule has 3 aliphatic heterocycles. The fourth-order valence-corrected chi connectivity index (χ4v) is 5.59. The van der Waals surface area contributed by atoms with Crippen LogP contribution in [0.4, 0.5) is 0 Å². The number of hydrogen-bond donors (Lipinski definition) is 3. The van der Waals surface area contributed by atoms with Gasteiger partial charge in [0, 0.05) is 18.7 Å². The van der Waals surface area contributed by atoms with Crippen molar-refractivity contribution in [2.45, 2.75) is 30.5 Å². The number of nitrogens with one attached hydrogen (secondary N) is 2. The molecule has 196 valence electrons. The van der Waals surface area contributed by atoms with Gasteiger partial charge in [0.1, 0.15) is 18.3 Å². The molecule has 9 nitrogen and oxygen atoms in total. The van der Waals surface area contributed by atoms with E-state index in [1.165, 1.54) is 5.56 Å². The Kier molecular flexibility index (Phi) is 6.27. The summed E-state index contributed by atoms with van der Waals surface area (Å²) < 4.78 is 23.1. The van der Waals surface area contributed by atoms with Crippen LogP contribution >= 0.6 is 11.6 Å². The molecule has 0 bridgehead atoms. The van der Waals surface area contributed by atoms with Gasteiger partial charge in [0.25, 0.3) is 6.01 Å². The Labute approximate surface area is 224 Å². The van der Waals surface area contributed by atoms with Crippen LogP contribution in [0.25, 0.3) is 33.5 Å². The second kappa shape index (κ2) is 9.92. The van der Waals surface area contributed by atoms with E-state index in [9.17, 15) is 5.11 Å². The molecular formula is C28H27ClN4O5. The zero-order valence-electron chi connectivity index (χ0n) is 20.5. The Morgan fingerprint density at radius 3 is 2.39 bits per heavy atom. The van der Waals surface area contributed by atoms with Gasteiger partial charge in [-0.2, -0.15) is 4.98 Å². The molecule has 7 rings (SSSR count). The normalized spacial score (nSPS) is 27.1. The van der Waals surface area contributed by atoms with Crippen LogP contribution in [0.15, 0.2) is 54.6 Å². The lowest BCUT2D eigenvalue weighted by molar-refractivity contribution is 0.00706. The number of H-pyrrole nitrogens is 1. The van der Waals surface area contributed by atoms with Crippen molar-refractivity contribution >= 4 is 22.8 Å². The Balaban J connectivity index is 1.09. The van der Waals surface area contributed by atoms with Crippen LogP contribution in [-0.2, 0) is 14.2 Å². The summed E-state index contributed by atoms with van der Waals surface area (Å²) in [6.07, 6.45) is -1.58. The van der Waals surface area contributed by atoms with Gasteiger partial charge in [-0.05, 0) is 22.8 Å². The molecule has 0 aliphatic carbocycles. The first-order valence-corrected chi connectivity index (χ1v) is 13.2. The van der Waals surface area contributed by atoms with Crippen LogP contribution in [0.3, 0.4) is 0 Å². The van der Waals surface area contributed by atoms with Gasteiger partial charge < -0.3 is 34.4 Å². The second-order valence-corrected chi connectivity index (χ2v) is 10.2. The molecule has 10 heteroatoms. The highest BCUT2D eigenvalue weighted by atomic mass is 35.5. The Hall–Kier alpha value is -3.05. The Morgan fingerprint density at radius 1 is 0.895 bits per heavy atom. The molecule has 5 unspecified atom stereocenters. The number of imidazole rings is 1. The lowest BCUT2D eigenvalue weighted by atomic mass is 9.99. The summed E-state index contributed by atoms with van der Waals surface area (Å²) >= 11 is 6.62. The minimum absolute atomic E-state index is 0.101. The van der Waals surface area contributed by atoms with Crippen molar-refractivity contribution in [2.75, 3.05) is 32.9 Å². The van der Waals surface area contributed by atoms with Crippen LogP contribution in [0.5, 0.6) is 6.01 Å². The number of nitrogens with zero attached hydrogens (tertiary/aromatic N) is 2. The minimum atomic E-state index is -0.633. The van der Waals surface area contributed by atoms with E-state index in [-0.39, 0.29) is 31.0 Å². The largest absolute Gasteiger partial charge is 0.456 e. The summed E-state index contributed by atoms with van der Waals surface area (Å²) in [5.74, 6) is 0. The number of aromatic amines is 1. The molecule has 38 heavy (non-hydrogen) atoms. The molecule has 0 spiro atoms. The van der Waals surface area contributed by atoms with Gasteiger partial charge in [0.05, 0.1) is 42.2 Å². The van der Waals surface area contributed by atoms with Crippen molar-refractivity contribution in [1.82, 2.24) is 20.3 Å². The molecule has 3 saturated heterocycles. The first-order valence-electron chi connectivity index (χ1n) is 12.8. The number of aromatic nitrogens is 3. The van der Waals surface area contributed by atoms with E-state index in [1.54, 1.807) is 6.07 Å². The first-order chi connectivity index (χ1) is 18.6. The maximum Gasteiger partial charge on any atom is 0.296 e. The number of morpholine rings is 1. The first kappa shape index (κ1) is 24.0. The molecule has 5 heterocycles. The van der Waals surface area contributed by atoms with Crippen molar-refractivity contribution in [3.63, 3.8) is 0 Å². The molecule has 3 aliphatic rings. The number of pyridine rings is 1. The fourth-order valence-electron chi connectivity index (χ4n) is 5.33. The van der Waals surface area contributed by atoms with Gasteiger partial charge in [-0.25, -0.2) is 4.98 Å². The number of hydrogen-bond acceptors (Lipinski definition) is 8. The number of ether oxygens (including phenoxy) is 4. The number of halogens is 1. The Bertz CT molecular complexity index is 1440. The highest BCUT2D eigenvalue weighted by molar-refractivity contribution is 6.33. The van der Waals surface area contributed by atoms with E-state index in [0.29, 0.717) is 34.5 Å². The number of rotatable bonds is 5. The van der Waals surface area contributed by atoms with Crippen molar-refractivity contribution in [1.29, 1.82) is 0 Å². The third kappa shape index (κ3) is 4.45. The molecule has 4 aromatic rings. The quantitative estimate of drug-likeness (QED) is 0.357. The summed E-state index contributed by atoms with van der Waals surface area (Å²) in [4.78, 5) is 12.3. The molecule has 0 radical (unpaired) electrons. The van der Waals surface area contributed by atoms with Crippen molar-refractivity contribution in [3.8, 4) is 28.4 Å². The van der Waals surface area contributed by atoms with Crippen molar-refractivity contribution < 1.29 is 24.1 Å². The average molecular weight is 535 g/mol. The molecule has 0 amide bonds.